The Hall–Kier alpha value is -2.70. The fourth-order valence-corrected chi connectivity index (χ4v) is 3.60. The highest BCUT2D eigenvalue weighted by atomic mass is 32.1. The van der Waals surface area contributed by atoms with Crippen molar-refractivity contribution in [2.45, 2.75) is 18.3 Å². The normalized spacial score (nSPS) is 20.2. The van der Waals surface area contributed by atoms with Gasteiger partial charge in [0.25, 0.3) is 0 Å². The topological polar surface area (TPSA) is 75.2 Å². The Labute approximate surface area is 163 Å². The van der Waals surface area contributed by atoms with Crippen molar-refractivity contribution in [1.82, 2.24) is 15.1 Å². The van der Waals surface area contributed by atoms with Crippen LogP contribution in [-0.4, -0.2) is 40.5 Å². The molecule has 0 saturated carbocycles. The van der Waals surface area contributed by atoms with Crippen LogP contribution in [0, 0.1) is 5.92 Å². The number of alkyl halides is 6. The van der Waals surface area contributed by atoms with Crippen LogP contribution in [0.5, 0.6) is 0 Å². The first-order valence-electron chi connectivity index (χ1n) is 8.01. The lowest BCUT2D eigenvalue weighted by molar-refractivity contribution is -0.138. The third kappa shape index (κ3) is 4.33. The van der Waals surface area contributed by atoms with Gasteiger partial charge in [0.15, 0.2) is 0 Å². The van der Waals surface area contributed by atoms with Gasteiger partial charge >= 0.3 is 12.4 Å². The summed E-state index contributed by atoms with van der Waals surface area (Å²) in [6, 6.07) is 4.03. The number of likely N-dealkylation sites (N-methyl/N-ethyl adjacent to an activating group) is 1. The molecule has 0 aliphatic carbocycles. The van der Waals surface area contributed by atoms with Crippen LogP contribution >= 0.6 is 11.3 Å². The summed E-state index contributed by atoms with van der Waals surface area (Å²) >= 11 is 0.102. The summed E-state index contributed by atoms with van der Waals surface area (Å²) < 4.78 is 76.0. The SMILES string of the molecule is CN1C[C@@H](c2ccc(C(F)(F)F)cc2)[C@H](C(=O)Nc2nnc(C(F)(F)F)s2)C1=O. The largest absolute Gasteiger partial charge is 0.445 e. The van der Waals surface area contributed by atoms with E-state index in [-0.39, 0.29) is 17.9 Å². The number of nitrogens with zero attached hydrogens (tertiary/aromatic N) is 3. The van der Waals surface area contributed by atoms with Gasteiger partial charge in [-0.3, -0.25) is 14.9 Å². The molecule has 2 heterocycles. The smallest absolute Gasteiger partial charge is 0.344 e. The van der Waals surface area contributed by atoms with Crippen molar-refractivity contribution in [3.05, 3.63) is 40.4 Å². The van der Waals surface area contributed by atoms with Crippen molar-refractivity contribution in [3.8, 4) is 0 Å². The van der Waals surface area contributed by atoms with Crippen LogP contribution in [0.4, 0.5) is 31.5 Å². The van der Waals surface area contributed by atoms with Crippen LogP contribution in [0.15, 0.2) is 24.3 Å². The van der Waals surface area contributed by atoms with Gasteiger partial charge in [-0.2, -0.15) is 26.3 Å². The monoisotopic (exact) mass is 438 g/mol. The molecule has 6 nitrogen and oxygen atoms in total. The second kappa shape index (κ2) is 7.28. The maximum absolute atomic E-state index is 12.7. The van der Waals surface area contributed by atoms with Crippen LogP contribution < -0.4 is 5.32 Å². The number of hydrogen-bond acceptors (Lipinski definition) is 5. The number of rotatable bonds is 3. The molecule has 29 heavy (non-hydrogen) atoms. The van der Waals surface area contributed by atoms with Gasteiger partial charge in [0.1, 0.15) is 5.92 Å². The van der Waals surface area contributed by atoms with E-state index in [1.807, 2.05) is 0 Å². The average Bonchev–Trinajstić information content (AvgIpc) is 3.19. The molecule has 156 valence electrons. The van der Waals surface area contributed by atoms with E-state index in [4.69, 9.17) is 0 Å². The van der Waals surface area contributed by atoms with E-state index in [2.05, 4.69) is 15.5 Å². The molecular formula is C16H12F6N4O2S. The summed E-state index contributed by atoms with van der Waals surface area (Å²) in [5.41, 5.74) is -0.558. The van der Waals surface area contributed by atoms with Gasteiger partial charge in [-0.25, -0.2) is 0 Å². The molecule has 13 heteroatoms. The Kier molecular flexibility index (Phi) is 5.28. The Balaban J connectivity index is 1.82. The first-order valence-corrected chi connectivity index (χ1v) is 8.83. The highest BCUT2D eigenvalue weighted by molar-refractivity contribution is 7.15. The standard InChI is InChI=1S/C16H12F6N4O2S/c1-26-6-9(7-2-4-8(5-3-7)15(17,18)19)10(12(26)28)11(27)23-14-25-24-13(29-14)16(20,21)22/h2-5,9-10H,6H2,1H3,(H,23,25,27)/t9-,10+/m0/s1. The van der Waals surface area contributed by atoms with E-state index >= 15 is 0 Å². The molecule has 2 atom stereocenters. The zero-order chi connectivity index (χ0) is 21.6. The van der Waals surface area contributed by atoms with E-state index in [1.54, 1.807) is 0 Å². The lowest BCUT2D eigenvalue weighted by Crippen LogP contribution is -2.32. The molecule has 0 spiro atoms. The highest BCUT2D eigenvalue weighted by Crippen LogP contribution is 2.37. The third-order valence-electron chi connectivity index (χ3n) is 4.36. The summed E-state index contributed by atoms with van der Waals surface area (Å²) in [6.45, 7) is 0.0617. The molecule has 0 radical (unpaired) electrons. The molecule has 3 rings (SSSR count). The number of halogens is 6. The summed E-state index contributed by atoms with van der Waals surface area (Å²) in [7, 11) is 1.42. The number of aromatic nitrogens is 2. The molecule has 2 amide bonds. The van der Waals surface area contributed by atoms with Crippen LogP contribution in [0.2, 0.25) is 0 Å². The molecule has 1 saturated heterocycles. The second-order valence-corrected chi connectivity index (χ2v) is 7.30. The first-order chi connectivity index (χ1) is 13.4. The van der Waals surface area contributed by atoms with Gasteiger partial charge in [0, 0.05) is 19.5 Å². The molecule has 1 aromatic carbocycles. The maximum Gasteiger partial charge on any atom is 0.445 e. The number of anilines is 1. The van der Waals surface area contributed by atoms with Crippen molar-refractivity contribution in [1.29, 1.82) is 0 Å². The van der Waals surface area contributed by atoms with Gasteiger partial charge in [-0.15, -0.1) is 10.2 Å². The van der Waals surface area contributed by atoms with Gasteiger partial charge in [-0.1, -0.05) is 23.5 Å². The lowest BCUT2D eigenvalue weighted by Gasteiger charge is -2.17. The predicted molar refractivity (Wildman–Crippen MR) is 88.9 cm³/mol. The molecule has 1 fully saturated rings. The fraction of sp³-hybridized carbons (Fsp3) is 0.375. The summed E-state index contributed by atoms with van der Waals surface area (Å²) in [4.78, 5) is 26.2. The third-order valence-corrected chi connectivity index (χ3v) is 5.24. The van der Waals surface area contributed by atoms with E-state index in [1.165, 1.54) is 24.1 Å². The van der Waals surface area contributed by atoms with Crippen molar-refractivity contribution in [2.75, 3.05) is 18.9 Å². The van der Waals surface area contributed by atoms with Gasteiger partial charge in [0.05, 0.1) is 5.56 Å². The van der Waals surface area contributed by atoms with Crippen molar-refractivity contribution >= 4 is 28.3 Å². The number of benzene rings is 1. The van der Waals surface area contributed by atoms with Crippen LogP contribution in [0.3, 0.4) is 0 Å². The average molecular weight is 438 g/mol. The summed E-state index contributed by atoms with van der Waals surface area (Å²) in [6.07, 6.45) is -9.27. The quantitative estimate of drug-likeness (QED) is 0.589. The molecule has 1 aliphatic heterocycles. The van der Waals surface area contributed by atoms with Crippen LogP contribution in [0.1, 0.15) is 22.1 Å². The zero-order valence-electron chi connectivity index (χ0n) is 14.5. The molecule has 0 bridgehead atoms. The zero-order valence-corrected chi connectivity index (χ0v) is 15.3. The molecule has 1 aromatic heterocycles. The number of nitrogens with one attached hydrogen (secondary N) is 1. The number of amides is 2. The first kappa shape index (κ1) is 21.0. The summed E-state index contributed by atoms with van der Waals surface area (Å²) in [5.74, 6) is -3.61. The van der Waals surface area contributed by atoms with Crippen LogP contribution in [0.25, 0.3) is 0 Å². The van der Waals surface area contributed by atoms with E-state index in [0.717, 1.165) is 12.1 Å². The maximum atomic E-state index is 12.7. The molecular weight excluding hydrogens is 426 g/mol. The number of hydrogen-bond donors (Lipinski definition) is 1. The number of likely N-dealkylation sites (tertiary alicyclic amines) is 1. The Morgan fingerprint density at radius 3 is 2.24 bits per heavy atom. The van der Waals surface area contributed by atoms with Gasteiger partial charge in [0.2, 0.25) is 22.0 Å². The van der Waals surface area contributed by atoms with Crippen molar-refractivity contribution in [2.24, 2.45) is 5.92 Å². The van der Waals surface area contributed by atoms with Gasteiger partial charge in [-0.05, 0) is 17.7 Å². The minimum Gasteiger partial charge on any atom is -0.344 e. The van der Waals surface area contributed by atoms with Crippen molar-refractivity contribution in [3.63, 3.8) is 0 Å². The number of carbonyl (C=O) groups is 2. The fourth-order valence-electron chi connectivity index (χ4n) is 2.98. The Bertz CT molecular complexity index is 925. The molecule has 2 aromatic rings. The van der Waals surface area contributed by atoms with Crippen LogP contribution in [-0.2, 0) is 21.9 Å². The van der Waals surface area contributed by atoms with Gasteiger partial charge < -0.3 is 4.90 Å². The molecule has 0 unspecified atom stereocenters. The van der Waals surface area contributed by atoms with E-state index in [9.17, 15) is 35.9 Å². The van der Waals surface area contributed by atoms with E-state index in [0.29, 0.717) is 5.56 Å². The predicted octanol–water partition coefficient (Wildman–Crippen LogP) is 3.39. The van der Waals surface area contributed by atoms with Crippen molar-refractivity contribution < 1.29 is 35.9 Å². The molecule has 1 aliphatic rings. The van der Waals surface area contributed by atoms with E-state index < -0.39 is 51.7 Å². The number of carbonyl (C=O) groups excluding carboxylic acids is 2. The molecule has 1 N–H and O–H groups in total. The highest BCUT2D eigenvalue weighted by Gasteiger charge is 2.45. The second-order valence-electron chi connectivity index (χ2n) is 6.32. The Morgan fingerprint density at radius 2 is 1.72 bits per heavy atom. The summed E-state index contributed by atoms with van der Waals surface area (Å²) in [5, 5.41) is 6.62. The minimum absolute atomic E-state index is 0.0617. The minimum atomic E-state index is -4.73. The lowest BCUT2D eigenvalue weighted by atomic mass is 9.87. The Morgan fingerprint density at radius 1 is 1.10 bits per heavy atom.